The maximum atomic E-state index is 11.0. The molecular weight excluding hydrogens is 216 g/mol. The van der Waals surface area contributed by atoms with Crippen molar-refractivity contribution in [2.24, 2.45) is 0 Å². The zero-order valence-electron chi connectivity index (χ0n) is 9.36. The fraction of sp³-hybridized carbons (Fsp3) is 0.333. The molecule has 5 nitrogen and oxygen atoms in total. The second kappa shape index (κ2) is 4.74. The molecule has 1 aromatic carbocycles. The minimum Gasteiger partial charge on any atom is -0.398 e. The highest BCUT2D eigenvalue weighted by Gasteiger charge is 2.19. The number of anilines is 2. The van der Waals surface area contributed by atoms with Gasteiger partial charge in [0.2, 0.25) is 5.91 Å². The molecule has 1 heterocycles. The van der Waals surface area contributed by atoms with E-state index < -0.39 is 0 Å². The zero-order valence-corrected chi connectivity index (χ0v) is 9.36. The maximum Gasteiger partial charge on any atom is 0.220 e. The third-order valence-electron chi connectivity index (χ3n) is 2.81. The van der Waals surface area contributed by atoms with Gasteiger partial charge in [0.15, 0.2) is 0 Å². The molecule has 1 aliphatic rings. The summed E-state index contributed by atoms with van der Waals surface area (Å²) in [5, 5.41) is 14.8. The monoisotopic (exact) mass is 230 g/mol. The quantitative estimate of drug-likeness (QED) is 0.671. The van der Waals surface area contributed by atoms with Crippen molar-refractivity contribution in [3.8, 4) is 6.07 Å². The Bertz CT molecular complexity index is 478. The van der Waals surface area contributed by atoms with Gasteiger partial charge in [-0.1, -0.05) is 0 Å². The van der Waals surface area contributed by atoms with Crippen molar-refractivity contribution >= 4 is 17.3 Å². The second-order valence-corrected chi connectivity index (χ2v) is 4.10. The molecule has 5 heteroatoms. The fourth-order valence-electron chi connectivity index (χ4n) is 1.85. The zero-order chi connectivity index (χ0) is 12.3. The summed E-state index contributed by atoms with van der Waals surface area (Å²) in [6.45, 7) is 0.678. The van der Waals surface area contributed by atoms with E-state index in [0.29, 0.717) is 24.2 Å². The van der Waals surface area contributed by atoms with Gasteiger partial charge in [-0.3, -0.25) is 4.79 Å². The molecule has 1 aromatic rings. The number of benzene rings is 1. The lowest BCUT2D eigenvalue weighted by Crippen LogP contribution is -2.31. The molecule has 0 aliphatic carbocycles. The number of nitrogens with two attached hydrogens (primary N) is 1. The van der Waals surface area contributed by atoms with E-state index in [0.717, 1.165) is 12.1 Å². The minimum atomic E-state index is 0.108. The Labute approximate surface area is 99.6 Å². The summed E-state index contributed by atoms with van der Waals surface area (Å²) in [5.74, 6) is 0.108. The molecule has 0 bridgehead atoms. The van der Waals surface area contributed by atoms with Crippen molar-refractivity contribution in [1.82, 2.24) is 5.32 Å². The van der Waals surface area contributed by atoms with E-state index in [-0.39, 0.29) is 11.9 Å². The van der Waals surface area contributed by atoms with Gasteiger partial charge in [-0.05, 0) is 24.6 Å². The Morgan fingerprint density at radius 2 is 2.41 bits per heavy atom. The maximum absolute atomic E-state index is 11.0. The van der Waals surface area contributed by atoms with Crippen molar-refractivity contribution in [3.63, 3.8) is 0 Å². The van der Waals surface area contributed by atoms with E-state index in [9.17, 15) is 4.79 Å². The number of hydrogen-bond acceptors (Lipinski definition) is 4. The van der Waals surface area contributed by atoms with Crippen molar-refractivity contribution in [1.29, 1.82) is 5.26 Å². The summed E-state index contributed by atoms with van der Waals surface area (Å²) >= 11 is 0. The van der Waals surface area contributed by atoms with E-state index in [1.54, 1.807) is 12.1 Å². The van der Waals surface area contributed by atoms with Crippen LogP contribution in [0, 0.1) is 11.3 Å². The standard InChI is InChI=1S/C12H14N4O/c13-6-8-1-2-9(5-11(8)14)15-7-10-3-4-12(17)16-10/h1-2,5,10,15H,3-4,7,14H2,(H,16,17). The lowest BCUT2D eigenvalue weighted by Gasteiger charge is -2.12. The minimum absolute atomic E-state index is 0.108. The number of carbonyl (C=O) groups excluding carboxylic acids is 1. The molecule has 17 heavy (non-hydrogen) atoms. The number of carbonyl (C=O) groups is 1. The molecule has 0 saturated carbocycles. The van der Waals surface area contributed by atoms with Crippen LogP contribution in [0.25, 0.3) is 0 Å². The number of nitrogen functional groups attached to an aromatic ring is 1. The molecule has 2 rings (SSSR count). The van der Waals surface area contributed by atoms with Gasteiger partial charge in [-0.25, -0.2) is 0 Å². The van der Waals surface area contributed by atoms with Gasteiger partial charge in [-0.15, -0.1) is 0 Å². The lowest BCUT2D eigenvalue weighted by molar-refractivity contribution is -0.119. The third-order valence-corrected chi connectivity index (χ3v) is 2.81. The first kappa shape index (κ1) is 11.3. The van der Waals surface area contributed by atoms with Gasteiger partial charge >= 0.3 is 0 Å². The van der Waals surface area contributed by atoms with Crippen molar-refractivity contribution in [2.45, 2.75) is 18.9 Å². The number of rotatable bonds is 3. The van der Waals surface area contributed by atoms with Gasteiger partial charge < -0.3 is 16.4 Å². The van der Waals surface area contributed by atoms with Gasteiger partial charge in [0, 0.05) is 24.7 Å². The molecule has 1 atom stereocenters. The highest BCUT2D eigenvalue weighted by atomic mass is 16.1. The third kappa shape index (κ3) is 2.67. The Hall–Kier alpha value is -2.22. The van der Waals surface area contributed by atoms with E-state index in [1.807, 2.05) is 12.1 Å². The van der Waals surface area contributed by atoms with Gasteiger partial charge in [0.1, 0.15) is 6.07 Å². The van der Waals surface area contributed by atoms with Crippen LogP contribution >= 0.6 is 0 Å². The summed E-state index contributed by atoms with van der Waals surface area (Å²) in [6.07, 6.45) is 1.46. The summed E-state index contributed by atoms with van der Waals surface area (Å²) < 4.78 is 0. The van der Waals surface area contributed by atoms with E-state index >= 15 is 0 Å². The van der Waals surface area contributed by atoms with E-state index in [2.05, 4.69) is 10.6 Å². The summed E-state index contributed by atoms with van der Waals surface area (Å²) in [6, 6.07) is 7.42. The second-order valence-electron chi connectivity index (χ2n) is 4.10. The Kier molecular flexibility index (Phi) is 3.15. The normalized spacial score (nSPS) is 18.5. The highest BCUT2D eigenvalue weighted by Crippen LogP contribution is 2.17. The average Bonchev–Trinajstić information content (AvgIpc) is 2.73. The van der Waals surface area contributed by atoms with Crippen LogP contribution in [-0.2, 0) is 4.79 Å². The van der Waals surface area contributed by atoms with E-state index in [1.165, 1.54) is 0 Å². The van der Waals surface area contributed by atoms with Crippen LogP contribution in [0.5, 0.6) is 0 Å². The summed E-state index contributed by atoms with van der Waals surface area (Å²) in [4.78, 5) is 11.0. The van der Waals surface area contributed by atoms with Gasteiger partial charge in [0.25, 0.3) is 0 Å². The van der Waals surface area contributed by atoms with Gasteiger partial charge in [0.05, 0.1) is 11.3 Å². The number of amides is 1. The molecule has 88 valence electrons. The first-order valence-electron chi connectivity index (χ1n) is 5.52. The first-order chi connectivity index (χ1) is 8.19. The Morgan fingerprint density at radius 3 is 3.00 bits per heavy atom. The molecular formula is C12H14N4O. The van der Waals surface area contributed by atoms with Crippen LogP contribution < -0.4 is 16.4 Å². The molecule has 1 fully saturated rings. The molecule has 1 unspecified atom stereocenters. The van der Waals surface area contributed by atoms with Crippen molar-refractivity contribution < 1.29 is 4.79 Å². The Morgan fingerprint density at radius 1 is 1.59 bits per heavy atom. The molecule has 1 saturated heterocycles. The van der Waals surface area contributed by atoms with Gasteiger partial charge in [-0.2, -0.15) is 5.26 Å². The smallest absolute Gasteiger partial charge is 0.220 e. The predicted molar refractivity (Wildman–Crippen MR) is 65.2 cm³/mol. The summed E-state index contributed by atoms with van der Waals surface area (Å²) in [7, 11) is 0. The topological polar surface area (TPSA) is 90.9 Å². The van der Waals surface area contributed by atoms with Crippen LogP contribution in [0.4, 0.5) is 11.4 Å². The SMILES string of the molecule is N#Cc1ccc(NCC2CCC(=O)N2)cc1N. The van der Waals surface area contributed by atoms with Crippen molar-refractivity contribution in [2.75, 3.05) is 17.6 Å². The predicted octanol–water partition coefficient (Wildman–Crippen LogP) is 0.831. The first-order valence-corrected chi connectivity index (χ1v) is 5.52. The molecule has 0 spiro atoms. The molecule has 1 amide bonds. The fourth-order valence-corrected chi connectivity index (χ4v) is 1.85. The number of hydrogen-bond donors (Lipinski definition) is 3. The number of nitrogens with zero attached hydrogens (tertiary/aromatic N) is 1. The van der Waals surface area contributed by atoms with E-state index in [4.69, 9.17) is 11.0 Å². The molecule has 4 N–H and O–H groups in total. The molecule has 1 aliphatic heterocycles. The van der Waals surface area contributed by atoms with Crippen LogP contribution in [-0.4, -0.2) is 18.5 Å². The summed E-state index contributed by atoms with van der Waals surface area (Å²) in [5.41, 5.74) is 7.51. The molecule has 0 radical (unpaired) electrons. The lowest BCUT2D eigenvalue weighted by atomic mass is 10.1. The van der Waals surface area contributed by atoms with Crippen LogP contribution in [0.15, 0.2) is 18.2 Å². The average molecular weight is 230 g/mol. The van der Waals surface area contributed by atoms with Crippen LogP contribution in [0.1, 0.15) is 18.4 Å². The number of nitriles is 1. The largest absolute Gasteiger partial charge is 0.398 e. The van der Waals surface area contributed by atoms with Crippen LogP contribution in [0.3, 0.4) is 0 Å². The van der Waals surface area contributed by atoms with Crippen molar-refractivity contribution in [3.05, 3.63) is 23.8 Å². The van der Waals surface area contributed by atoms with Crippen LogP contribution in [0.2, 0.25) is 0 Å². The number of nitrogens with one attached hydrogen (secondary N) is 2. The molecule has 0 aromatic heterocycles. The highest BCUT2D eigenvalue weighted by molar-refractivity contribution is 5.78. The Balaban J connectivity index is 1.93.